The molecule has 0 amide bonds. The van der Waals surface area contributed by atoms with Crippen molar-refractivity contribution in [3.63, 3.8) is 0 Å². The molecule has 5 rings (SSSR count). The number of aromatic nitrogens is 5. The molecule has 0 N–H and O–H groups in total. The molecular weight excluding hydrogens is 476 g/mol. The number of fused-ring (bicyclic) bond motifs is 1. The van der Waals surface area contributed by atoms with Gasteiger partial charge in [0.15, 0.2) is 6.17 Å². The van der Waals surface area contributed by atoms with Crippen molar-refractivity contribution >= 4 is 34.1 Å². The van der Waals surface area contributed by atoms with E-state index in [0.29, 0.717) is 26.7 Å². The summed E-state index contributed by atoms with van der Waals surface area (Å²) in [6, 6.07) is 17.0. The van der Waals surface area contributed by atoms with Crippen molar-refractivity contribution in [2.45, 2.75) is 6.17 Å². The molecule has 3 heterocycles. The zero-order chi connectivity index (χ0) is 24.2. The topological polar surface area (TPSA) is 65.6 Å². The number of benzene rings is 2. The van der Waals surface area contributed by atoms with Crippen LogP contribution in [-0.2, 0) is 14.1 Å². The zero-order valence-corrected chi connectivity index (χ0v) is 19.9. The summed E-state index contributed by atoms with van der Waals surface area (Å²) in [5, 5.41) is 8.95. The Labute approximate surface area is 205 Å². The van der Waals surface area contributed by atoms with Gasteiger partial charge in [0.1, 0.15) is 0 Å². The summed E-state index contributed by atoms with van der Waals surface area (Å²) in [5.41, 5.74) is 2.64. The largest absolute Gasteiger partial charge is 0.310 e. The maximum atomic E-state index is 15.1. The van der Waals surface area contributed by atoms with E-state index >= 15 is 4.39 Å². The molecule has 0 aliphatic heterocycles. The Morgan fingerprint density at radius 1 is 0.971 bits per heavy atom. The van der Waals surface area contributed by atoms with Crippen LogP contribution < -0.4 is 5.56 Å². The van der Waals surface area contributed by atoms with E-state index in [9.17, 15) is 4.79 Å². The van der Waals surface area contributed by atoms with Crippen molar-refractivity contribution < 1.29 is 4.39 Å². The van der Waals surface area contributed by atoms with Crippen LogP contribution in [0.2, 0.25) is 10.0 Å². The third-order valence-electron chi connectivity index (χ3n) is 5.25. The summed E-state index contributed by atoms with van der Waals surface area (Å²) in [5.74, 6) is 0. The van der Waals surface area contributed by atoms with Crippen LogP contribution in [0.1, 0.15) is 17.4 Å². The Morgan fingerprint density at radius 3 is 2.35 bits per heavy atom. The fourth-order valence-corrected chi connectivity index (χ4v) is 3.78. The first kappa shape index (κ1) is 23.6. The fraction of sp³-hybridized carbons (Fsp3) is 0.120. The van der Waals surface area contributed by atoms with Crippen LogP contribution in [-0.4, -0.2) is 24.5 Å². The monoisotopic (exact) mass is 495 g/mol. The second kappa shape index (κ2) is 10.2. The Kier molecular flexibility index (Phi) is 7.05. The van der Waals surface area contributed by atoms with Crippen molar-refractivity contribution in [3.8, 4) is 11.1 Å². The lowest BCUT2D eigenvalue weighted by atomic mass is 9.99. The second-order valence-corrected chi connectivity index (χ2v) is 8.46. The van der Waals surface area contributed by atoms with Gasteiger partial charge in [0, 0.05) is 41.8 Å². The molecule has 6 nitrogen and oxygen atoms in total. The molecule has 0 aliphatic carbocycles. The minimum atomic E-state index is -1.41. The molecular formula is C25H20Cl2FN5O. The summed E-state index contributed by atoms with van der Waals surface area (Å²) in [7, 11) is 3.49. The van der Waals surface area contributed by atoms with E-state index < -0.39 is 6.17 Å². The lowest BCUT2D eigenvalue weighted by Gasteiger charge is -2.14. The van der Waals surface area contributed by atoms with Crippen LogP contribution in [0.25, 0.3) is 22.0 Å². The molecule has 0 saturated carbocycles. The number of rotatable bonds is 3. The minimum Gasteiger partial charge on any atom is -0.310 e. The normalized spacial score (nSPS) is 11.7. The average molecular weight is 496 g/mol. The fourth-order valence-electron chi connectivity index (χ4n) is 3.47. The first-order valence-corrected chi connectivity index (χ1v) is 11.0. The van der Waals surface area contributed by atoms with Crippen molar-refractivity contribution in [2.75, 3.05) is 0 Å². The van der Waals surface area contributed by atoms with Gasteiger partial charge in [0.05, 0.1) is 23.6 Å². The molecule has 0 saturated heterocycles. The molecule has 1 unspecified atom stereocenters. The van der Waals surface area contributed by atoms with Crippen LogP contribution >= 0.6 is 23.2 Å². The zero-order valence-electron chi connectivity index (χ0n) is 18.4. The molecule has 0 spiro atoms. The molecule has 5 aromatic rings. The number of hydrogen-bond donors (Lipinski definition) is 0. The molecule has 2 aromatic carbocycles. The van der Waals surface area contributed by atoms with E-state index in [1.165, 1.54) is 16.8 Å². The number of pyridine rings is 2. The summed E-state index contributed by atoms with van der Waals surface area (Å²) in [4.78, 5) is 16.7. The Bertz CT molecular complexity index is 1480. The van der Waals surface area contributed by atoms with E-state index in [2.05, 4.69) is 15.3 Å². The van der Waals surface area contributed by atoms with Gasteiger partial charge < -0.3 is 4.57 Å². The first-order chi connectivity index (χ1) is 16.3. The lowest BCUT2D eigenvalue weighted by molar-refractivity contribution is 0.394. The third kappa shape index (κ3) is 5.16. The van der Waals surface area contributed by atoms with Gasteiger partial charge in [0.25, 0.3) is 5.56 Å². The van der Waals surface area contributed by atoms with Crippen molar-refractivity contribution in [3.05, 3.63) is 111 Å². The van der Waals surface area contributed by atoms with Crippen LogP contribution in [0, 0.1) is 0 Å². The first-order valence-electron chi connectivity index (χ1n) is 10.3. The highest BCUT2D eigenvalue weighted by Crippen LogP contribution is 2.32. The molecule has 0 aliphatic rings. The van der Waals surface area contributed by atoms with E-state index in [-0.39, 0.29) is 11.3 Å². The highest BCUT2D eigenvalue weighted by atomic mass is 35.5. The minimum absolute atomic E-state index is 0.175. The molecule has 0 fully saturated rings. The van der Waals surface area contributed by atoms with E-state index in [1.807, 2.05) is 19.2 Å². The molecule has 9 heteroatoms. The average Bonchev–Trinajstić information content (AvgIpc) is 3.32. The Balaban J connectivity index is 0.000000398. The van der Waals surface area contributed by atoms with Crippen LogP contribution in [0.15, 0.2) is 84.0 Å². The van der Waals surface area contributed by atoms with Crippen LogP contribution in [0.4, 0.5) is 4.39 Å². The number of alkyl halides is 1. The summed E-state index contributed by atoms with van der Waals surface area (Å²) in [6.45, 7) is 0. The molecule has 0 radical (unpaired) electrons. The molecule has 1 atom stereocenters. The number of aryl methyl sites for hydroxylation is 2. The van der Waals surface area contributed by atoms with E-state index in [4.69, 9.17) is 23.2 Å². The maximum Gasteiger partial charge on any atom is 0.251 e. The maximum absolute atomic E-state index is 15.1. The van der Waals surface area contributed by atoms with E-state index in [1.54, 1.807) is 66.6 Å². The smallest absolute Gasteiger partial charge is 0.251 e. The Morgan fingerprint density at radius 2 is 1.74 bits per heavy atom. The van der Waals surface area contributed by atoms with Crippen molar-refractivity contribution in [2.24, 2.45) is 14.1 Å². The van der Waals surface area contributed by atoms with E-state index in [0.717, 1.165) is 10.9 Å². The van der Waals surface area contributed by atoms with Gasteiger partial charge in [-0.05, 0) is 47.0 Å². The molecule has 34 heavy (non-hydrogen) atoms. The number of halogens is 3. The van der Waals surface area contributed by atoms with Crippen molar-refractivity contribution in [1.29, 1.82) is 0 Å². The van der Waals surface area contributed by atoms with Crippen molar-refractivity contribution in [1.82, 2.24) is 24.5 Å². The van der Waals surface area contributed by atoms with Gasteiger partial charge in [-0.15, -0.1) is 5.10 Å². The van der Waals surface area contributed by atoms with Gasteiger partial charge in [-0.3, -0.25) is 14.5 Å². The van der Waals surface area contributed by atoms with Gasteiger partial charge in [-0.2, -0.15) is 0 Å². The summed E-state index contributed by atoms with van der Waals surface area (Å²) >= 11 is 12.0. The summed E-state index contributed by atoms with van der Waals surface area (Å²) < 4.78 is 18.2. The SMILES string of the molecule is Cn1c(=O)cc(-c2cccc(Cl)c2)c2cc(C(F)c3ccc(Cl)cc3)ncc21.Cn1ccnn1. The Hall–Kier alpha value is -3.55. The number of nitrogens with zero attached hydrogens (tertiary/aromatic N) is 5. The molecule has 3 aromatic heterocycles. The second-order valence-electron chi connectivity index (χ2n) is 7.58. The third-order valence-corrected chi connectivity index (χ3v) is 5.74. The standard InChI is InChI=1S/C22H15Cl2FN2O.C3H5N3/c1-27-20-12-26-19(22(25)13-5-7-15(23)8-6-13)10-18(20)17(11-21(27)28)14-3-2-4-16(24)9-14;1-6-3-2-4-5-6/h2-12,22H,1H3;2-3H,1H3. The predicted octanol–water partition coefficient (Wildman–Crippen LogP) is 5.78. The van der Waals surface area contributed by atoms with Crippen LogP contribution in [0.3, 0.4) is 0 Å². The van der Waals surface area contributed by atoms with Crippen LogP contribution in [0.5, 0.6) is 0 Å². The number of hydrogen-bond acceptors (Lipinski definition) is 4. The molecule has 172 valence electrons. The highest BCUT2D eigenvalue weighted by Gasteiger charge is 2.17. The summed E-state index contributed by atoms with van der Waals surface area (Å²) in [6.07, 6.45) is 3.54. The van der Waals surface area contributed by atoms with Gasteiger partial charge in [-0.1, -0.05) is 52.7 Å². The highest BCUT2D eigenvalue weighted by molar-refractivity contribution is 6.31. The van der Waals surface area contributed by atoms with Gasteiger partial charge >= 0.3 is 0 Å². The molecule has 0 bridgehead atoms. The predicted molar refractivity (Wildman–Crippen MR) is 133 cm³/mol. The van der Waals surface area contributed by atoms with Gasteiger partial charge in [0.2, 0.25) is 0 Å². The lowest BCUT2D eigenvalue weighted by Crippen LogP contribution is -2.17. The quantitative estimate of drug-likeness (QED) is 0.318. The van der Waals surface area contributed by atoms with Gasteiger partial charge in [-0.25, -0.2) is 4.39 Å².